The van der Waals surface area contributed by atoms with Crippen LogP contribution in [0.2, 0.25) is 0 Å². The largest absolute Gasteiger partial charge is 0.354 e. The fourth-order valence-corrected chi connectivity index (χ4v) is 2.81. The number of halogens is 1. The van der Waals surface area contributed by atoms with E-state index in [0.29, 0.717) is 12.5 Å². The Morgan fingerprint density at radius 2 is 2.00 bits per heavy atom. The summed E-state index contributed by atoms with van der Waals surface area (Å²) in [5.74, 6) is 1.37. The number of nitrogens with one attached hydrogen (secondary N) is 1. The van der Waals surface area contributed by atoms with E-state index in [-0.39, 0.29) is 5.82 Å². The molecule has 5 heteroatoms. The number of hydrogen-bond acceptors (Lipinski definition) is 4. The molecule has 0 bridgehead atoms. The molecule has 1 aromatic heterocycles. The number of anilines is 1. The lowest BCUT2D eigenvalue weighted by Crippen LogP contribution is -2.48. The second-order valence-electron chi connectivity index (χ2n) is 6.10. The van der Waals surface area contributed by atoms with Crippen LogP contribution in [0, 0.1) is 11.7 Å². The van der Waals surface area contributed by atoms with Crippen molar-refractivity contribution in [1.29, 1.82) is 0 Å². The van der Waals surface area contributed by atoms with Crippen LogP contribution in [0.1, 0.15) is 26.3 Å². The van der Waals surface area contributed by atoms with E-state index < -0.39 is 0 Å². The summed E-state index contributed by atoms with van der Waals surface area (Å²) in [5, 5.41) is 3.26. The van der Waals surface area contributed by atoms with Gasteiger partial charge in [-0.15, -0.1) is 0 Å². The highest BCUT2D eigenvalue weighted by Gasteiger charge is 2.20. The average Bonchev–Trinajstić information content (AvgIpc) is 2.46. The van der Waals surface area contributed by atoms with Crippen LogP contribution >= 0.6 is 0 Å². The zero-order valence-electron chi connectivity index (χ0n) is 13.4. The lowest BCUT2D eigenvalue weighted by molar-refractivity contribution is 0.230. The molecule has 1 aromatic rings. The molecular weight excluding hydrogens is 267 g/mol. The maximum Gasteiger partial charge on any atom is 0.141 e. The summed E-state index contributed by atoms with van der Waals surface area (Å²) in [6.45, 7) is 13.3. The molecule has 1 fully saturated rings. The fraction of sp³-hybridized carbons (Fsp3) is 0.688. The first-order valence-electron chi connectivity index (χ1n) is 7.92. The van der Waals surface area contributed by atoms with E-state index in [1.807, 2.05) is 0 Å². The molecule has 0 spiro atoms. The zero-order valence-corrected chi connectivity index (χ0v) is 13.4. The number of nitrogens with zero attached hydrogens (tertiary/aromatic N) is 3. The Morgan fingerprint density at radius 1 is 1.29 bits per heavy atom. The molecule has 1 saturated heterocycles. The fourth-order valence-electron chi connectivity index (χ4n) is 2.81. The molecular formula is C16H27FN4. The standard InChI is InChI=1S/C16H27FN4/c1-4-18-10-14-9-15(17)11-19-16(14)21-7-5-20(6-8-21)12-13(2)3/h9,11,13,18H,4-8,10,12H2,1-3H3. The minimum atomic E-state index is -0.259. The number of pyridine rings is 1. The Bertz CT molecular complexity index is 442. The number of rotatable bonds is 6. The van der Waals surface area contributed by atoms with Gasteiger partial charge in [-0.3, -0.25) is 4.90 Å². The molecule has 2 rings (SSSR count). The first-order valence-corrected chi connectivity index (χ1v) is 7.92. The minimum Gasteiger partial charge on any atom is -0.354 e. The average molecular weight is 294 g/mol. The van der Waals surface area contributed by atoms with Gasteiger partial charge in [-0.25, -0.2) is 9.37 Å². The third-order valence-corrected chi connectivity index (χ3v) is 3.77. The van der Waals surface area contributed by atoms with Crippen LogP contribution in [0.5, 0.6) is 0 Å². The van der Waals surface area contributed by atoms with Gasteiger partial charge in [0, 0.05) is 44.8 Å². The van der Waals surface area contributed by atoms with Crippen molar-refractivity contribution in [3.05, 3.63) is 23.6 Å². The molecule has 2 heterocycles. The predicted octanol–water partition coefficient (Wildman–Crippen LogP) is 2.11. The summed E-state index contributed by atoms with van der Waals surface area (Å²) < 4.78 is 13.4. The Morgan fingerprint density at radius 3 is 2.62 bits per heavy atom. The monoisotopic (exact) mass is 294 g/mol. The maximum absolute atomic E-state index is 13.4. The molecule has 0 radical (unpaired) electrons. The molecule has 1 aliphatic rings. The predicted molar refractivity (Wildman–Crippen MR) is 85.1 cm³/mol. The molecule has 0 atom stereocenters. The highest BCUT2D eigenvalue weighted by molar-refractivity contribution is 5.47. The topological polar surface area (TPSA) is 31.4 Å². The van der Waals surface area contributed by atoms with Crippen molar-refractivity contribution >= 4 is 5.82 Å². The van der Waals surface area contributed by atoms with Crippen molar-refractivity contribution in [2.75, 3.05) is 44.2 Å². The van der Waals surface area contributed by atoms with Gasteiger partial charge in [0.1, 0.15) is 11.6 Å². The molecule has 0 aromatic carbocycles. The van der Waals surface area contributed by atoms with Gasteiger partial charge in [0.25, 0.3) is 0 Å². The number of hydrogen-bond donors (Lipinski definition) is 1. The van der Waals surface area contributed by atoms with Crippen molar-refractivity contribution in [2.45, 2.75) is 27.3 Å². The molecule has 1 aliphatic heterocycles. The Hall–Kier alpha value is -1.20. The Balaban J connectivity index is 2.02. The third kappa shape index (κ3) is 4.64. The van der Waals surface area contributed by atoms with Gasteiger partial charge >= 0.3 is 0 Å². The van der Waals surface area contributed by atoms with Gasteiger partial charge < -0.3 is 10.2 Å². The highest BCUT2D eigenvalue weighted by Crippen LogP contribution is 2.20. The molecule has 0 aliphatic carbocycles. The van der Waals surface area contributed by atoms with Gasteiger partial charge in [-0.2, -0.15) is 0 Å². The molecule has 0 unspecified atom stereocenters. The van der Waals surface area contributed by atoms with E-state index in [4.69, 9.17) is 0 Å². The van der Waals surface area contributed by atoms with Crippen LogP contribution in [0.15, 0.2) is 12.3 Å². The van der Waals surface area contributed by atoms with E-state index in [2.05, 4.69) is 40.9 Å². The van der Waals surface area contributed by atoms with Crippen LogP contribution in [0.3, 0.4) is 0 Å². The van der Waals surface area contributed by atoms with Gasteiger partial charge in [-0.05, 0) is 18.5 Å². The summed E-state index contributed by atoms with van der Waals surface area (Å²) >= 11 is 0. The second-order valence-corrected chi connectivity index (χ2v) is 6.10. The first kappa shape index (κ1) is 16.2. The van der Waals surface area contributed by atoms with E-state index in [1.165, 1.54) is 6.20 Å². The lowest BCUT2D eigenvalue weighted by Gasteiger charge is -2.37. The van der Waals surface area contributed by atoms with Gasteiger partial charge in [0.15, 0.2) is 0 Å². The Labute approximate surface area is 127 Å². The van der Waals surface area contributed by atoms with Gasteiger partial charge in [0.2, 0.25) is 0 Å². The Kier molecular flexibility index (Phi) is 5.94. The van der Waals surface area contributed by atoms with Gasteiger partial charge in [-0.1, -0.05) is 20.8 Å². The van der Waals surface area contributed by atoms with Crippen LogP contribution in [0.25, 0.3) is 0 Å². The summed E-state index contributed by atoms with van der Waals surface area (Å²) in [6.07, 6.45) is 1.32. The first-order chi connectivity index (χ1) is 10.1. The van der Waals surface area contributed by atoms with E-state index in [9.17, 15) is 4.39 Å². The van der Waals surface area contributed by atoms with Crippen LogP contribution < -0.4 is 10.2 Å². The van der Waals surface area contributed by atoms with Crippen LogP contribution in [-0.4, -0.2) is 49.2 Å². The summed E-state index contributed by atoms with van der Waals surface area (Å²) in [4.78, 5) is 9.11. The highest BCUT2D eigenvalue weighted by atomic mass is 19.1. The van der Waals surface area contributed by atoms with Crippen molar-refractivity contribution in [2.24, 2.45) is 5.92 Å². The van der Waals surface area contributed by atoms with Crippen molar-refractivity contribution in [1.82, 2.24) is 15.2 Å². The molecule has 118 valence electrons. The smallest absolute Gasteiger partial charge is 0.141 e. The van der Waals surface area contributed by atoms with Crippen molar-refractivity contribution < 1.29 is 4.39 Å². The molecule has 0 saturated carbocycles. The summed E-state index contributed by atoms with van der Waals surface area (Å²) in [5.41, 5.74) is 0.953. The molecule has 21 heavy (non-hydrogen) atoms. The van der Waals surface area contributed by atoms with E-state index >= 15 is 0 Å². The van der Waals surface area contributed by atoms with Crippen LogP contribution in [-0.2, 0) is 6.54 Å². The molecule has 1 N–H and O–H groups in total. The van der Waals surface area contributed by atoms with E-state index in [0.717, 1.165) is 50.6 Å². The SMILES string of the molecule is CCNCc1cc(F)cnc1N1CCN(CC(C)C)CC1. The number of aromatic nitrogens is 1. The minimum absolute atomic E-state index is 0.259. The van der Waals surface area contributed by atoms with Crippen LogP contribution in [0.4, 0.5) is 10.2 Å². The van der Waals surface area contributed by atoms with Crippen molar-refractivity contribution in [3.8, 4) is 0 Å². The number of piperazine rings is 1. The summed E-state index contributed by atoms with van der Waals surface area (Å²) in [6, 6.07) is 1.60. The lowest BCUT2D eigenvalue weighted by atomic mass is 10.1. The quantitative estimate of drug-likeness (QED) is 0.871. The second kappa shape index (κ2) is 7.71. The van der Waals surface area contributed by atoms with Crippen molar-refractivity contribution in [3.63, 3.8) is 0 Å². The zero-order chi connectivity index (χ0) is 15.2. The summed E-state index contributed by atoms with van der Waals surface area (Å²) in [7, 11) is 0. The normalized spacial score (nSPS) is 16.7. The van der Waals surface area contributed by atoms with Gasteiger partial charge in [0.05, 0.1) is 6.20 Å². The molecule has 4 nitrogen and oxygen atoms in total. The third-order valence-electron chi connectivity index (χ3n) is 3.77. The molecule has 0 amide bonds. The van der Waals surface area contributed by atoms with E-state index in [1.54, 1.807) is 6.07 Å². The maximum atomic E-state index is 13.4.